The number of allylic oxidation sites excluding steroid dienone is 2. The van der Waals surface area contributed by atoms with E-state index in [0.717, 1.165) is 25.0 Å². The molecule has 4 nitrogen and oxygen atoms in total. The van der Waals surface area contributed by atoms with Gasteiger partial charge >= 0.3 is 6.03 Å². The Balaban J connectivity index is 2.44. The predicted molar refractivity (Wildman–Crippen MR) is 43.1 cm³/mol. The molecule has 0 radical (unpaired) electrons. The third-order valence-electron chi connectivity index (χ3n) is 1.42. The number of hydrazone groups is 1. The molecule has 0 saturated carbocycles. The van der Waals surface area contributed by atoms with Crippen LogP contribution >= 0.6 is 0 Å². The van der Waals surface area contributed by atoms with Crippen molar-refractivity contribution in [2.75, 3.05) is 0 Å². The zero-order valence-corrected chi connectivity index (χ0v) is 6.21. The Morgan fingerprint density at radius 1 is 1.73 bits per heavy atom. The molecule has 0 bridgehead atoms. The van der Waals surface area contributed by atoms with Crippen LogP contribution in [-0.2, 0) is 0 Å². The highest BCUT2D eigenvalue weighted by Crippen LogP contribution is 2.06. The van der Waals surface area contributed by atoms with E-state index in [0.29, 0.717) is 0 Å². The van der Waals surface area contributed by atoms with E-state index >= 15 is 0 Å². The van der Waals surface area contributed by atoms with Crippen LogP contribution in [0, 0.1) is 0 Å². The number of carbonyl (C=O) groups is 1. The molecular weight excluding hydrogens is 142 g/mol. The van der Waals surface area contributed by atoms with Gasteiger partial charge in [0.05, 0.1) is 5.71 Å². The first-order chi connectivity index (χ1) is 5.29. The number of carbonyl (C=O) groups excluding carboxylic acids is 1. The molecule has 0 fully saturated rings. The van der Waals surface area contributed by atoms with Gasteiger partial charge in [-0.1, -0.05) is 6.08 Å². The predicted octanol–water partition coefficient (Wildman–Crippen LogP) is 0.751. The van der Waals surface area contributed by atoms with Gasteiger partial charge in [0.25, 0.3) is 0 Å². The minimum absolute atomic E-state index is 0.614. The summed E-state index contributed by atoms with van der Waals surface area (Å²) in [7, 11) is 0. The third kappa shape index (κ3) is 2.84. The number of rotatable bonds is 1. The highest BCUT2D eigenvalue weighted by atomic mass is 16.2. The lowest BCUT2D eigenvalue weighted by Gasteiger charge is -2.04. The van der Waals surface area contributed by atoms with E-state index in [-0.39, 0.29) is 0 Å². The van der Waals surface area contributed by atoms with Gasteiger partial charge in [-0.3, -0.25) is 0 Å². The van der Waals surface area contributed by atoms with Gasteiger partial charge in [0.2, 0.25) is 0 Å². The Morgan fingerprint density at radius 2 is 2.55 bits per heavy atom. The molecule has 1 rings (SSSR count). The molecule has 0 aromatic carbocycles. The average molecular weight is 153 g/mol. The number of primary amides is 1. The molecule has 3 N–H and O–H groups in total. The first-order valence-corrected chi connectivity index (χ1v) is 3.57. The first-order valence-electron chi connectivity index (χ1n) is 3.57. The standard InChI is InChI=1S/C7H11N3O/c8-7(11)10-9-6-4-2-1-3-5-6/h2,4H,1,3,5H2,(H3,8,10,11)/b9-6+. The van der Waals surface area contributed by atoms with Crippen molar-refractivity contribution in [3.8, 4) is 0 Å². The maximum absolute atomic E-state index is 10.2. The summed E-state index contributed by atoms with van der Waals surface area (Å²) in [6.07, 6.45) is 7.03. The third-order valence-corrected chi connectivity index (χ3v) is 1.42. The lowest BCUT2D eigenvalue weighted by Crippen LogP contribution is -2.25. The molecule has 1 aliphatic carbocycles. The lowest BCUT2D eigenvalue weighted by molar-refractivity contribution is 0.249. The zero-order valence-electron chi connectivity index (χ0n) is 6.21. The fraction of sp³-hybridized carbons (Fsp3) is 0.429. The van der Waals surface area contributed by atoms with Gasteiger partial charge in [0, 0.05) is 0 Å². The number of hydrogen-bond donors (Lipinski definition) is 2. The van der Waals surface area contributed by atoms with Crippen LogP contribution in [0.3, 0.4) is 0 Å². The first kappa shape index (κ1) is 7.78. The van der Waals surface area contributed by atoms with Crippen molar-refractivity contribution in [1.29, 1.82) is 0 Å². The number of nitrogens with two attached hydrogens (primary N) is 1. The molecule has 1 aliphatic rings. The molecule has 0 heterocycles. The number of hydrogen-bond acceptors (Lipinski definition) is 2. The van der Waals surface area contributed by atoms with Crippen LogP contribution in [0.4, 0.5) is 4.79 Å². The smallest absolute Gasteiger partial charge is 0.332 e. The van der Waals surface area contributed by atoms with Crippen molar-refractivity contribution in [1.82, 2.24) is 5.43 Å². The highest BCUT2D eigenvalue weighted by molar-refractivity contribution is 5.96. The summed E-state index contributed by atoms with van der Waals surface area (Å²) < 4.78 is 0. The molecular formula is C7H11N3O. The van der Waals surface area contributed by atoms with Crippen molar-refractivity contribution < 1.29 is 4.79 Å². The summed E-state index contributed by atoms with van der Waals surface area (Å²) in [5, 5.41) is 3.79. The van der Waals surface area contributed by atoms with Crippen LogP contribution in [0.25, 0.3) is 0 Å². The van der Waals surface area contributed by atoms with Gasteiger partial charge in [-0.15, -0.1) is 0 Å². The van der Waals surface area contributed by atoms with Crippen LogP contribution in [0.5, 0.6) is 0 Å². The minimum Gasteiger partial charge on any atom is -0.350 e. The van der Waals surface area contributed by atoms with Gasteiger partial charge < -0.3 is 5.73 Å². The van der Waals surface area contributed by atoms with E-state index in [1.807, 2.05) is 12.2 Å². The molecule has 0 aliphatic heterocycles. The molecule has 60 valence electrons. The summed E-state index contributed by atoms with van der Waals surface area (Å²) >= 11 is 0. The Hall–Kier alpha value is -1.32. The van der Waals surface area contributed by atoms with Crippen LogP contribution < -0.4 is 11.2 Å². The Bertz CT molecular complexity index is 208. The lowest BCUT2D eigenvalue weighted by atomic mass is 10.1. The maximum Gasteiger partial charge on any atom is 0.332 e. The average Bonchev–Trinajstić information content (AvgIpc) is 2.03. The van der Waals surface area contributed by atoms with Crippen LogP contribution in [-0.4, -0.2) is 11.7 Å². The molecule has 0 unspecified atom stereocenters. The quantitative estimate of drug-likeness (QED) is 0.536. The summed E-state index contributed by atoms with van der Waals surface area (Å²) in [6, 6.07) is -0.614. The van der Waals surface area contributed by atoms with E-state index in [9.17, 15) is 4.79 Å². The van der Waals surface area contributed by atoms with E-state index in [2.05, 4.69) is 10.5 Å². The fourth-order valence-corrected chi connectivity index (χ4v) is 0.924. The number of nitrogens with one attached hydrogen (secondary N) is 1. The fourth-order valence-electron chi connectivity index (χ4n) is 0.924. The Morgan fingerprint density at radius 3 is 3.09 bits per heavy atom. The molecule has 0 aromatic rings. The molecule has 2 amide bonds. The largest absolute Gasteiger partial charge is 0.350 e. The molecule has 0 aromatic heterocycles. The zero-order chi connectivity index (χ0) is 8.10. The SMILES string of the molecule is NC(=O)N/N=C1\C=CCCC1. The second-order valence-corrected chi connectivity index (χ2v) is 2.37. The topological polar surface area (TPSA) is 67.5 Å². The van der Waals surface area contributed by atoms with E-state index in [4.69, 9.17) is 5.73 Å². The number of urea groups is 1. The van der Waals surface area contributed by atoms with E-state index < -0.39 is 6.03 Å². The summed E-state index contributed by atoms with van der Waals surface area (Å²) in [5.41, 5.74) is 7.90. The molecule has 0 saturated heterocycles. The normalized spacial score (nSPS) is 20.2. The monoisotopic (exact) mass is 153 g/mol. The van der Waals surface area contributed by atoms with Crippen LogP contribution in [0.2, 0.25) is 0 Å². The van der Waals surface area contributed by atoms with Crippen molar-refractivity contribution >= 4 is 11.7 Å². The number of nitrogens with zero attached hydrogens (tertiary/aromatic N) is 1. The second-order valence-electron chi connectivity index (χ2n) is 2.37. The second kappa shape index (κ2) is 3.75. The minimum atomic E-state index is -0.614. The van der Waals surface area contributed by atoms with Gasteiger partial charge in [0.15, 0.2) is 0 Å². The summed E-state index contributed by atoms with van der Waals surface area (Å²) in [4.78, 5) is 10.2. The van der Waals surface area contributed by atoms with Crippen LogP contribution in [0.15, 0.2) is 17.3 Å². The van der Waals surface area contributed by atoms with Gasteiger partial charge in [-0.25, -0.2) is 10.2 Å². The molecule has 0 atom stereocenters. The van der Waals surface area contributed by atoms with Gasteiger partial charge in [-0.05, 0) is 25.3 Å². The van der Waals surface area contributed by atoms with Gasteiger partial charge in [-0.2, -0.15) is 5.10 Å². The van der Waals surface area contributed by atoms with Crippen LogP contribution in [0.1, 0.15) is 19.3 Å². The summed E-state index contributed by atoms with van der Waals surface area (Å²) in [5.74, 6) is 0. The van der Waals surface area contributed by atoms with Gasteiger partial charge in [0.1, 0.15) is 0 Å². The molecule has 4 heteroatoms. The number of amides is 2. The molecule has 0 spiro atoms. The van der Waals surface area contributed by atoms with E-state index in [1.165, 1.54) is 0 Å². The molecule has 11 heavy (non-hydrogen) atoms. The highest BCUT2D eigenvalue weighted by Gasteiger charge is 1.99. The van der Waals surface area contributed by atoms with Crippen molar-refractivity contribution in [2.45, 2.75) is 19.3 Å². The van der Waals surface area contributed by atoms with Crippen molar-refractivity contribution in [3.63, 3.8) is 0 Å². The maximum atomic E-state index is 10.2. The van der Waals surface area contributed by atoms with Crippen molar-refractivity contribution in [2.24, 2.45) is 10.8 Å². The summed E-state index contributed by atoms with van der Waals surface area (Å²) in [6.45, 7) is 0. The van der Waals surface area contributed by atoms with Crippen molar-refractivity contribution in [3.05, 3.63) is 12.2 Å². The Kier molecular flexibility index (Phi) is 2.66. The Labute approximate surface area is 65.2 Å². The van der Waals surface area contributed by atoms with E-state index in [1.54, 1.807) is 0 Å².